The quantitative estimate of drug-likeness (QED) is 0.757. The first-order valence-corrected chi connectivity index (χ1v) is 7.00. The van der Waals surface area contributed by atoms with Crippen LogP contribution in [-0.2, 0) is 6.54 Å². The highest BCUT2D eigenvalue weighted by Gasteiger charge is 2.21. The third-order valence-electron chi connectivity index (χ3n) is 3.32. The first kappa shape index (κ1) is 15.3. The van der Waals surface area contributed by atoms with Crippen LogP contribution in [0, 0.1) is 5.92 Å². The Labute approximate surface area is 136 Å². The average molecular weight is 388 g/mol. The second kappa shape index (κ2) is 7.66. The van der Waals surface area contributed by atoms with Gasteiger partial charge in [-0.1, -0.05) is 6.07 Å². The van der Waals surface area contributed by atoms with Crippen LogP contribution in [0.1, 0.15) is 24.8 Å². The number of nitrogens with zero attached hydrogens (tertiary/aromatic N) is 2. The van der Waals surface area contributed by atoms with Crippen LogP contribution < -0.4 is 15.4 Å². The zero-order valence-electron chi connectivity index (χ0n) is 11.5. The van der Waals surface area contributed by atoms with E-state index in [9.17, 15) is 0 Å². The van der Waals surface area contributed by atoms with Gasteiger partial charge in [-0.2, -0.15) is 0 Å². The molecule has 20 heavy (non-hydrogen) atoms. The lowest BCUT2D eigenvalue weighted by Gasteiger charge is -2.15. The summed E-state index contributed by atoms with van der Waals surface area (Å²) in [5.41, 5.74) is 1.13. The Morgan fingerprint density at radius 1 is 1.35 bits per heavy atom. The summed E-state index contributed by atoms with van der Waals surface area (Å²) in [6, 6.07) is 3.99. The van der Waals surface area contributed by atoms with Crippen molar-refractivity contribution in [2.75, 3.05) is 19.7 Å². The molecule has 0 spiro atoms. The summed E-state index contributed by atoms with van der Waals surface area (Å²) in [6.45, 7) is 3.45. The lowest BCUT2D eigenvalue weighted by molar-refractivity contribution is 0.288. The van der Waals surface area contributed by atoms with Crippen LogP contribution in [0.5, 0.6) is 5.88 Å². The largest absolute Gasteiger partial charge is 0.477 e. The molecule has 3 rings (SSSR count). The van der Waals surface area contributed by atoms with Gasteiger partial charge in [0.25, 0.3) is 0 Å². The molecular weight excluding hydrogens is 367 g/mol. The summed E-state index contributed by atoms with van der Waals surface area (Å²) in [6.07, 6.45) is 5.58. The van der Waals surface area contributed by atoms with Gasteiger partial charge in [0.05, 0.1) is 6.61 Å². The number of pyridine rings is 1. The summed E-state index contributed by atoms with van der Waals surface area (Å²) >= 11 is 0. The molecule has 0 bridgehead atoms. The molecule has 1 fully saturated rings. The molecule has 1 aromatic rings. The first-order chi connectivity index (χ1) is 9.40. The van der Waals surface area contributed by atoms with E-state index in [0.717, 1.165) is 56.0 Å². The van der Waals surface area contributed by atoms with Crippen LogP contribution in [0.25, 0.3) is 0 Å². The van der Waals surface area contributed by atoms with Crippen molar-refractivity contribution in [2.45, 2.75) is 25.8 Å². The molecule has 0 amide bonds. The van der Waals surface area contributed by atoms with E-state index in [4.69, 9.17) is 4.74 Å². The van der Waals surface area contributed by atoms with Crippen LogP contribution in [-0.4, -0.2) is 30.6 Å². The molecule has 110 valence electrons. The van der Waals surface area contributed by atoms with Gasteiger partial charge < -0.3 is 15.4 Å². The maximum absolute atomic E-state index is 5.61. The maximum atomic E-state index is 5.61. The second-order valence-electron chi connectivity index (χ2n) is 5.12. The minimum absolute atomic E-state index is 0. The van der Waals surface area contributed by atoms with Gasteiger partial charge in [-0.05, 0) is 30.7 Å². The minimum Gasteiger partial charge on any atom is -0.477 e. The number of nitrogens with one attached hydrogen (secondary N) is 2. The van der Waals surface area contributed by atoms with Crippen LogP contribution in [0.15, 0.2) is 23.3 Å². The van der Waals surface area contributed by atoms with Crippen molar-refractivity contribution in [3.05, 3.63) is 23.9 Å². The van der Waals surface area contributed by atoms with E-state index in [0.29, 0.717) is 0 Å². The van der Waals surface area contributed by atoms with Gasteiger partial charge in [-0.15, -0.1) is 24.0 Å². The van der Waals surface area contributed by atoms with E-state index in [1.165, 1.54) is 12.8 Å². The van der Waals surface area contributed by atoms with Crippen LogP contribution in [0.4, 0.5) is 0 Å². The predicted octanol–water partition coefficient (Wildman–Crippen LogP) is 1.93. The number of hydrogen-bond acceptors (Lipinski definition) is 5. The average Bonchev–Trinajstić information content (AvgIpc) is 3.29. The number of rotatable bonds is 5. The maximum Gasteiger partial charge on any atom is 0.213 e. The molecule has 5 nitrogen and oxygen atoms in total. The molecule has 1 saturated carbocycles. The van der Waals surface area contributed by atoms with E-state index in [1.54, 1.807) is 0 Å². The Kier molecular flexibility index (Phi) is 5.87. The Hall–Kier alpha value is -1.05. The molecular formula is C14H21IN4O. The van der Waals surface area contributed by atoms with Gasteiger partial charge in [0.2, 0.25) is 5.88 Å². The molecule has 0 radical (unpaired) electrons. The van der Waals surface area contributed by atoms with Crippen molar-refractivity contribution < 1.29 is 4.74 Å². The molecule has 2 N–H and O–H groups in total. The van der Waals surface area contributed by atoms with Gasteiger partial charge >= 0.3 is 0 Å². The number of hydrogen-bond donors (Lipinski definition) is 2. The monoisotopic (exact) mass is 388 g/mol. The van der Waals surface area contributed by atoms with Gasteiger partial charge in [0.1, 0.15) is 0 Å². The third kappa shape index (κ3) is 4.81. The van der Waals surface area contributed by atoms with Crippen molar-refractivity contribution in [1.29, 1.82) is 0 Å². The number of ether oxygens (including phenoxy) is 1. The number of aliphatic imine (C=N–C) groups is 1. The zero-order valence-corrected chi connectivity index (χ0v) is 13.8. The van der Waals surface area contributed by atoms with E-state index in [2.05, 4.69) is 20.6 Å². The van der Waals surface area contributed by atoms with Gasteiger partial charge in [-0.3, -0.25) is 4.99 Å². The summed E-state index contributed by atoms with van der Waals surface area (Å²) in [7, 11) is 0. The Bertz CT molecular complexity index is 445. The fraction of sp³-hybridized carbons (Fsp3) is 0.571. The normalized spacial score (nSPS) is 17.5. The highest BCUT2D eigenvalue weighted by molar-refractivity contribution is 14.0. The number of guanidine groups is 1. The van der Waals surface area contributed by atoms with Crippen LogP contribution in [0.3, 0.4) is 0 Å². The number of aromatic nitrogens is 1. The van der Waals surface area contributed by atoms with E-state index in [-0.39, 0.29) is 24.0 Å². The molecule has 0 aromatic carbocycles. The van der Waals surface area contributed by atoms with Gasteiger partial charge in [0, 0.05) is 31.9 Å². The highest BCUT2D eigenvalue weighted by atomic mass is 127. The molecule has 1 aliphatic heterocycles. The van der Waals surface area contributed by atoms with Crippen LogP contribution in [0.2, 0.25) is 0 Å². The molecule has 2 heterocycles. The second-order valence-corrected chi connectivity index (χ2v) is 5.12. The summed E-state index contributed by atoms with van der Waals surface area (Å²) in [4.78, 5) is 8.69. The smallest absolute Gasteiger partial charge is 0.213 e. The first-order valence-electron chi connectivity index (χ1n) is 7.00. The highest BCUT2D eigenvalue weighted by Crippen LogP contribution is 2.29. The molecule has 1 aliphatic carbocycles. The third-order valence-corrected chi connectivity index (χ3v) is 3.32. The Balaban J connectivity index is 0.00000147. The van der Waals surface area contributed by atoms with Crippen LogP contribution >= 0.6 is 24.0 Å². The standard InChI is InChI=1S/C14H20N4O.HI/c1-6-15-14(16-7-1)18-9-12-4-5-13(17-8-12)19-10-11-2-3-11;/h4-5,8,11H,1-3,6-7,9-10H2,(H2,15,16,18);1H. The van der Waals surface area contributed by atoms with Gasteiger partial charge in [-0.25, -0.2) is 4.98 Å². The molecule has 6 heteroatoms. The Morgan fingerprint density at radius 3 is 2.90 bits per heavy atom. The van der Waals surface area contributed by atoms with Crippen molar-refractivity contribution in [3.8, 4) is 5.88 Å². The summed E-state index contributed by atoms with van der Waals surface area (Å²) in [5.74, 6) is 2.38. The lowest BCUT2D eigenvalue weighted by atomic mass is 10.3. The molecule has 1 aromatic heterocycles. The molecule has 2 aliphatic rings. The molecule has 0 unspecified atom stereocenters. The zero-order chi connectivity index (χ0) is 12.9. The van der Waals surface area contributed by atoms with E-state index >= 15 is 0 Å². The van der Waals surface area contributed by atoms with E-state index in [1.807, 2.05) is 18.3 Å². The van der Waals surface area contributed by atoms with Gasteiger partial charge in [0.15, 0.2) is 5.96 Å². The van der Waals surface area contributed by atoms with Crippen molar-refractivity contribution in [1.82, 2.24) is 15.6 Å². The summed E-state index contributed by atoms with van der Waals surface area (Å²) < 4.78 is 5.61. The van der Waals surface area contributed by atoms with Crippen molar-refractivity contribution in [2.24, 2.45) is 10.9 Å². The molecule has 0 saturated heterocycles. The predicted molar refractivity (Wildman–Crippen MR) is 89.6 cm³/mol. The van der Waals surface area contributed by atoms with Crippen molar-refractivity contribution in [3.63, 3.8) is 0 Å². The minimum atomic E-state index is 0. The summed E-state index contributed by atoms with van der Waals surface area (Å²) in [5, 5.41) is 6.51. The van der Waals surface area contributed by atoms with Crippen molar-refractivity contribution >= 4 is 29.9 Å². The topological polar surface area (TPSA) is 58.5 Å². The SMILES string of the molecule is I.c1cc(OCC2CC2)ncc1CNC1=NCCCN1. The lowest BCUT2D eigenvalue weighted by Crippen LogP contribution is -2.40. The fourth-order valence-corrected chi connectivity index (χ4v) is 1.93. The number of halogens is 1. The molecule has 0 atom stereocenters. The fourth-order valence-electron chi connectivity index (χ4n) is 1.93. The Morgan fingerprint density at radius 2 is 2.25 bits per heavy atom. The van der Waals surface area contributed by atoms with E-state index < -0.39 is 0 Å².